The first-order valence-corrected chi connectivity index (χ1v) is 9.68. The predicted octanol–water partition coefficient (Wildman–Crippen LogP) is 4.85. The van der Waals surface area contributed by atoms with Crippen LogP contribution in [-0.4, -0.2) is 42.8 Å². The highest BCUT2D eigenvalue weighted by Gasteiger charge is 2.33. The molecule has 0 bridgehead atoms. The average molecular weight is 418 g/mol. The van der Waals surface area contributed by atoms with E-state index in [0.717, 1.165) is 11.3 Å². The maximum atomic E-state index is 12.9. The second-order valence-corrected chi connectivity index (χ2v) is 7.25. The second kappa shape index (κ2) is 9.67. The largest absolute Gasteiger partial charge is 0.435 e. The van der Waals surface area contributed by atoms with Crippen molar-refractivity contribution in [3.63, 3.8) is 0 Å². The van der Waals surface area contributed by atoms with E-state index in [1.165, 1.54) is 23.9 Å². The first-order chi connectivity index (χ1) is 14.0. The Kier molecular flexibility index (Phi) is 7.00. The molecule has 3 rings (SSSR count). The van der Waals surface area contributed by atoms with Crippen molar-refractivity contribution < 1.29 is 23.0 Å². The summed E-state index contributed by atoms with van der Waals surface area (Å²) >= 11 is 1.27. The summed E-state index contributed by atoms with van der Waals surface area (Å²) in [4.78, 5) is 19.5. The van der Waals surface area contributed by atoms with E-state index in [1.807, 2.05) is 31.2 Å². The van der Waals surface area contributed by atoms with Crippen LogP contribution in [0.5, 0.6) is 5.75 Å². The van der Waals surface area contributed by atoms with Crippen LogP contribution in [0.1, 0.15) is 11.1 Å². The van der Waals surface area contributed by atoms with Gasteiger partial charge in [-0.1, -0.05) is 29.8 Å². The molecule has 1 aliphatic rings. The summed E-state index contributed by atoms with van der Waals surface area (Å²) in [5.74, 6) is -0.110. The number of carbonyl (C=O) groups excluding carboxylic acids is 1. The zero-order chi connectivity index (χ0) is 20.8. The standard InChI is InChI=1S/C21H20F2N2O3S/c1-14-3-7-16(8-4-14)24-21-25(11-12-27-2)19(26)18(29-21)13-15-5-9-17(10-6-15)28-20(22)23/h3-10,13,20H,11-12H2,1-2H3. The Balaban J connectivity index is 1.85. The number of alkyl halides is 2. The molecule has 0 aliphatic carbocycles. The molecule has 0 saturated carbocycles. The quantitative estimate of drug-likeness (QED) is 0.604. The topological polar surface area (TPSA) is 51.1 Å². The number of hydrogen-bond acceptors (Lipinski definition) is 5. The smallest absolute Gasteiger partial charge is 0.387 e. The van der Waals surface area contributed by atoms with Gasteiger partial charge in [-0.15, -0.1) is 0 Å². The van der Waals surface area contributed by atoms with Gasteiger partial charge in [0.15, 0.2) is 5.17 Å². The van der Waals surface area contributed by atoms with E-state index < -0.39 is 6.61 Å². The van der Waals surface area contributed by atoms with Crippen LogP contribution in [0.4, 0.5) is 14.5 Å². The molecule has 1 aliphatic heterocycles. The first-order valence-electron chi connectivity index (χ1n) is 8.87. The molecule has 2 aromatic rings. The second-order valence-electron chi connectivity index (χ2n) is 6.24. The van der Waals surface area contributed by atoms with Gasteiger partial charge >= 0.3 is 6.61 Å². The lowest BCUT2D eigenvalue weighted by Crippen LogP contribution is -2.32. The molecule has 1 amide bonds. The Morgan fingerprint density at radius 3 is 2.45 bits per heavy atom. The molecule has 8 heteroatoms. The normalized spacial score (nSPS) is 17.0. The molecule has 1 saturated heterocycles. The first kappa shape index (κ1) is 21.0. The number of rotatable bonds is 7. The number of nitrogens with zero attached hydrogens (tertiary/aromatic N) is 2. The van der Waals surface area contributed by atoms with Gasteiger partial charge in [-0.05, 0) is 54.6 Å². The fraction of sp³-hybridized carbons (Fsp3) is 0.238. The molecule has 0 unspecified atom stereocenters. The highest BCUT2D eigenvalue weighted by atomic mass is 32.2. The molecule has 5 nitrogen and oxygen atoms in total. The van der Waals surface area contributed by atoms with Gasteiger partial charge in [-0.3, -0.25) is 9.69 Å². The van der Waals surface area contributed by atoms with Gasteiger partial charge in [-0.2, -0.15) is 8.78 Å². The Bertz CT molecular complexity index is 913. The van der Waals surface area contributed by atoms with Crippen molar-refractivity contribution in [3.05, 3.63) is 64.6 Å². The number of carbonyl (C=O) groups is 1. The van der Waals surface area contributed by atoms with Crippen molar-refractivity contribution in [3.8, 4) is 5.75 Å². The molecule has 0 N–H and O–H groups in total. The highest BCUT2D eigenvalue weighted by molar-refractivity contribution is 8.18. The van der Waals surface area contributed by atoms with Crippen LogP contribution in [0.2, 0.25) is 0 Å². The van der Waals surface area contributed by atoms with Crippen molar-refractivity contribution in [1.29, 1.82) is 0 Å². The third-order valence-corrected chi connectivity index (χ3v) is 5.08. The zero-order valence-electron chi connectivity index (χ0n) is 16.0. The molecule has 0 atom stereocenters. The lowest BCUT2D eigenvalue weighted by Gasteiger charge is -2.14. The van der Waals surface area contributed by atoms with E-state index in [2.05, 4.69) is 9.73 Å². The molecule has 2 aromatic carbocycles. The third kappa shape index (κ3) is 5.65. The zero-order valence-corrected chi connectivity index (χ0v) is 16.8. The van der Waals surface area contributed by atoms with Crippen molar-refractivity contribution in [1.82, 2.24) is 4.90 Å². The molecular formula is C21H20F2N2O3S. The van der Waals surface area contributed by atoms with Crippen LogP contribution in [0.3, 0.4) is 0 Å². The Labute approximate surface area is 172 Å². The van der Waals surface area contributed by atoms with Gasteiger partial charge in [-0.25, -0.2) is 4.99 Å². The monoisotopic (exact) mass is 418 g/mol. The number of thioether (sulfide) groups is 1. The minimum absolute atomic E-state index is 0.0656. The molecule has 1 fully saturated rings. The van der Waals surface area contributed by atoms with Crippen LogP contribution in [-0.2, 0) is 9.53 Å². The van der Waals surface area contributed by atoms with Gasteiger partial charge in [0.1, 0.15) is 5.75 Å². The molecule has 0 spiro atoms. The van der Waals surface area contributed by atoms with E-state index in [1.54, 1.807) is 30.2 Å². The van der Waals surface area contributed by atoms with Crippen LogP contribution in [0.25, 0.3) is 6.08 Å². The summed E-state index contributed by atoms with van der Waals surface area (Å²) in [7, 11) is 1.57. The summed E-state index contributed by atoms with van der Waals surface area (Å²) < 4.78 is 34.0. The fourth-order valence-electron chi connectivity index (χ4n) is 2.60. The lowest BCUT2D eigenvalue weighted by molar-refractivity contribution is -0.122. The van der Waals surface area contributed by atoms with E-state index in [0.29, 0.717) is 28.8 Å². The van der Waals surface area contributed by atoms with Gasteiger partial charge < -0.3 is 9.47 Å². The lowest BCUT2D eigenvalue weighted by atomic mass is 10.2. The minimum Gasteiger partial charge on any atom is -0.435 e. The number of methoxy groups -OCH3 is 1. The van der Waals surface area contributed by atoms with Gasteiger partial charge in [0.25, 0.3) is 5.91 Å². The molecule has 0 aromatic heterocycles. The summed E-state index contributed by atoms with van der Waals surface area (Å²) in [6.45, 7) is -0.118. The maximum absolute atomic E-state index is 12.9. The maximum Gasteiger partial charge on any atom is 0.387 e. The predicted molar refractivity (Wildman–Crippen MR) is 111 cm³/mol. The van der Waals surface area contributed by atoms with E-state index >= 15 is 0 Å². The number of halogens is 2. The summed E-state index contributed by atoms with van der Waals surface area (Å²) in [6.07, 6.45) is 1.70. The molecule has 1 heterocycles. The Morgan fingerprint density at radius 1 is 1.14 bits per heavy atom. The van der Waals surface area contributed by atoms with Crippen LogP contribution in [0.15, 0.2) is 58.4 Å². The van der Waals surface area contributed by atoms with Gasteiger partial charge in [0, 0.05) is 7.11 Å². The summed E-state index contributed by atoms with van der Waals surface area (Å²) in [6, 6.07) is 13.8. The van der Waals surface area contributed by atoms with Crippen LogP contribution < -0.4 is 4.74 Å². The number of hydrogen-bond donors (Lipinski definition) is 0. The van der Waals surface area contributed by atoms with Gasteiger partial charge in [0.05, 0.1) is 23.7 Å². The fourth-order valence-corrected chi connectivity index (χ4v) is 3.62. The minimum atomic E-state index is -2.87. The average Bonchev–Trinajstić information content (AvgIpc) is 2.97. The number of ether oxygens (including phenoxy) is 2. The molecule has 152 valence electrons. The Hall–Kier alpha value is -2.71. The van der Waals surface area contributed by atoms with E-state index in [4.69, 9.17) is 4.74 Å². The molecule has 0 radical (unpaired) electrons. The number of benzene rings is 2. The van der Waals surface area contributed by atoms with Crippen molar-refractivity contribution in [2.75, 3.05) is 20.3 Å². The van der Waals surface area contributed by atoms with Crippen molar-refractivity contribution >= 4 is 34.6 Å². The van der Waals surface area contributed by atoms with Crippen molar-refractivity contribution in [2.45, 2.75) is 13.5 Å². The summed E-state index contributed by atoms with van der Waals surface area (Å²) in [5, 5.41) is 0.569. The van der Waals surface area contributed by atoms with E-state index in [9.17, 15) is 13.6 Å². The number of amides is 1. The summed E-state index contributed by atoms with van der Waals surface area (Å²) in [5.41, 5.74) is 2.58. The number of aliphatic imine (C=N–C) groups is 1. The van der Waals surface area contributed by atoms with Crippen molar-refractivity contribution in [2.24, 2.45) is 4.99 Å². The SMILES string of the molecule is COCCN1C(=O)C(=Cc2ccc(OC(F)F)cc2)SC1=Nc1ccc(C)cc1. The molecular weight excluding hydrogens is 398 g/mol. The Morgan fingerprint density at radius 2 is 1.83 bits per heavy atom. The van der Waals surface area contributed by atoms with Crippen LogP contribution >= 0.6 is 11.8 Å². The number of amidine groups is 1. The molecule has 29 heavy (non-hydrogen) atoms. The third-order valence-electron chi connectivity index (χ3n) is 4.07. The van der Waals surface area contributed by atoms with E-state index in [-0.39, 0.29) is 11.7 Å². The van der Waals surface area contributed by atoms with Crippen LogP contribution in [0, 0.1) is 6.92 Å². The van der Waals surface area contributed by atoms with Gasteiger partial charge in [0.2, 0.25) is 0 Å². The highest BCUT2D eigenvalue weighted by Crippen LogP contribution is 2.34. The number of aryl methyl sites for hydroxylation is 1.